The number of hydrogen-bond acceptors (Lipinski definition) is 8. The number of furan rings is 4. The molecule has 4 aromatic heterocycles. The first kappa shape index (κ1) is 59.5. The molecule has 0 radical (unpaired) electrons. The van der Waals surface area contributed by atoms with Gasteiger partial charge in [-0.05, 0) is 155 Å². The second-order valence-corrected chi connectivity index (χ2v) is 27.8. The van der Waals surface area contributed by atoms with E-state index in [-0.39, 0.29) is 21.7 Å². The summed E-state index contributed by atoms with van der Waals surface area (Å²) >= 11 is 0. The van der Waals surface area contributed by atoms with Crippen molar-refractivity contribution in [3.8, 4) is 0 Å². The molecule has 8 aromatic carbocycles. The van der Waals surface area contributed by atoms with Gasteiger partial charge in [0.1, 0.15) is 0 Å². The van der Waals surface area contributed by atoms with Gasteiger partial charge in [0.2, 0.25) is 23.5 Å². The van der Waals surface area contributed by atoms with Crippen LogP contribution < -0.4 is 19.6 Å². The summed E-state index contributed by atoms with van der Waals surface area (Å²) in [5.74, 6) is 3.08. The third-order valence-electron chi connectivity index (χ3n) is 18.0. The minimum Gasteiger partial charge on any atom is -0.448 e. The van der Waals surface area contributed by atoms with Crippen LogP contribution in [0.1, 0.15) is 155 Å². The summed E-state index contributed by atoms with van der Waals surface area (Å²) in [6.45, 7) is 36.1. The monoisotopic (exact) mass is 1170 g/mol. The third-order valence-corrected chi connectivity index (χ3v) is 18.0. The fourth-order valence-corrected chi connectivity index (χ4v) is 12.7. The molecule has 8 heteroatoms. The van der Waals surface area contributed by atoms with E-state index < -0.39 is 0 Å². The predicted octanol–water partition coefficient (Wildman–Crippen LogP) is 24.3. The topological polar surface area (TPSA) is 65.5 Å². The highest BCUT2D eigenvalue weighted by atomic mass is 16.4. The largest absolute Gasteiger partial charge is 0.448 e. The predicted molar refractivity (Wildman–Crippen MR) is 370 cm³/mol. The number of benzene rings is 8. The maximum atomic E-state index is 6.80. The Morgan fingerprint density at radius 2 is 0.455 bits per heavy atom. The van der Waals surface area contributed by atoms with E-state index in [0.29, 0.717) is 0 Å². The zero-order valence-electron chi connectivity index (χ0n) is 54.6. The Morgan fingerprint density at radius 3 is 0.625 bits per heavy atom. The minimum atomic E-state index is -0.0621. The molecule has 0 saturated heterocycles. The van der Waals surface area contributed by atoms with Crippen molar-refractivity contribution >= 4 is 101 Å². The Labute approximate surface area is 521 Å². The Hall–Kier alpha value is -8.88. The molecular weight excluding hydrogens is 1080 g/mol. The Balaban J connectivity index is 1.29. The first-order chi connectivity index (χ1) is 42.0. The average molecular weight is 1170 g/mol. The molecule has 0 spiro atoms. The number of aryl methyl sites for hydroxylation is 4. The van der Waals surface area contributed by atoms with Crippen LogP contribution in [0, 0.1) is 0 Å². The third kappa shape index (κ3) is 10.6. The molecule has 4 heterocycles. The number of nitrogens with zero attached hydrogens (tertiary/aromatic N) is 4. The molecule has 88 heavy (non-hydrogen) atoms. The summed E-state index contributed by atoms with van der Waals surface area (Å²) < 4.78 is 27.2. The Morgan fingerprint density at radius 1 is 0.261 bits per heavy atom. The van der Waals surface area contributed by atoms with Crippen LogP contribution >= 0.6 is 0 Å². The van der Waals surface area contributed by atoms with Gasteiger partial charge in [-0.1, -0.05) is 184 Å². The maximum absolute atomic E-state index is 6.80. The van der Waals surface area contributed by atoms with E-state index in [1.165, 1.54) is 22.3 Å². The molecule has 0 atom stereocenters. The van der Waals surface area contributed by atoms with Crippen molar-refractivity contribution in [1.29, 1.82) is 0 Å². The van der Waals surface area contributed by atoms with E-state index in [1.54, 1.807) is 0 Å². The standard InChI is InChI=1S/C80H86N4O4/c1-17-51-41-45-85-73(51)81(59-29-21-55(22-30-59)77(5,6)7)67-49-68(82(74-52(18-2)42-46-86-74)60-31-23-56(24-32-60)78(8,9)10)64-39-40-66-70(84(76-54(20-4)44-48-88-76)62-35-27-58(28-36-62)80(14,15)16)50-69(65-38-37-63(67)71(64)72(65)66)83(75-53(19-3)43-47-87-75)61-33-25-57(26-34-61)79(11,12)13/h21-50H,17-20H2,1-16H3. The molecule has 0 saturated carbocycles. The van der Waals surface area contributed by atoms with Gasteiger partial charge in [-0.2, -0.15) is 0 Å². The first-order valence-electron chi connectivity index (χ1n) is 31.7. The highest BCUT2D eigenvalue weighted by molar-refractivity contribution is 6.33. The zero-order valence-corrected chi connectivity index (χ0v) is 54.6. The van der Waals surface area contributed by atoms with Gasteiger partial charge in [0.25, 0.3) is 0 Å². The molecule has 0 aliphatic heterocycles. The van der Waals surface area contributed by atoms with Gasteiger partial charge in [0, 0.05) is 77.3 Å². The molecule has 0 unspecified atom stereocenters. The van der Waals surface area contributed by atoms with Crippen LogP contribution in [-0.4, -0.2) is 0 Å². The van der Waals surface area contributed by atoms with Gasteiger partial charge < -0.3 is 17.7 Å². The lowest BCUT2D eigenvalue weighted by Gasteiger charge is -2.33. The second kappa shape index (κ2) is 22.7. The van der Waals surface area contributed by atoms with Gasteiger partial charge in [0.05, 0.1) is 47.8 Å². The normalized spacial score (nSPS) is 12.5. The summed E-state index contributed by atoms with van der Waals surface area (Å²) in [7, 11) is 0. The lowest BCUT2D eigenvalue weighted by atomic mass is 9.86. The van der Waals surface area contributed by atoms with Crippen molar-refractivity contribution in [2.24, 2.45) is 0 Å². The number of anilines is 12. The lowest BCUT2D eigenvalue weighted by Crippen LogP contribution is -2.17. The molecule has 0 amide bonds. The van der Waals surface area contributed by atoms with Crippen molar-refractivity contribution in [3.05, 3.63) is 227 Å². The highest BCUT2D eigenvalue weighted by Crippen LogP contribution is 2.56. The van der Waals surface area contributed by atoms with Crippen LogP contribution in [-0.2, 0) is 47.3 Å². The lowest BCUT2D eigenvalue weighted by molar-refractivity contribution is 0.570. The highest BCUT2D eigenvalue weighted by Gasteiger charge is 2.34. The maximum Gasteiger partial charge on any atom is 0.207 e. The quantitative estimate of drug-likeness (QED) is 0.0887. The summed E-state index contributed by atoms with van der Waals surface area (Å²) in [6.07, 6.45) is 10.4. The van der Waals surface area contributed by atoms with E-state index >= 15 is 0 Å². The van der Waals surface area contributed by atoms with Gasteiger partial charge >= 0.3 is 0 Å². The van der Waals surface area contributed by atoms with Crippen LogP contribution in [0.3, 0.4) is 0 Å². The van der Waals surface area contributed by atoms with Crippen LogP contribution in [0.25, 0.3) is 32.3 Å². The van der Waals surface area contributed by atoms with Gasteiger partial charge in [-0.15, -0.1) is 0 Å². The van der Waals surface area contributed by atoms with E-state index in [9.17, 15) is 0 Å². The number of rotatable bonds is 16. The summed E-state index contributed by atoms with van der Waals surface area (Å²) in [5.41, 5.74) is 16.9. The summed E-state index contributed by atoms with van der Waals surface area (Å²) in [4.78, 5) is 9.41. The SMILES string of the molecule is CCc1ccoc1N(c1ccc(C(C)(C)C)cc1)c1cc(N(c2ccc(C(C)(C)C)cc2)c2occc2CC)c2ccc3c(N(c4ccc(C(C)(C)C)cc4)c4occc4CC)cc(N(c4ccc(C(C)(C)C)cc4)c4occc4CC)c4ccc1c2c43. The molecular formula is C80H86N4O4. The van der Waals surface area contributed by atoms with Crippen molar-refractivity contribution in [3.63, 3.8) is 0 Å². The van der Waals surface area contributed by atoms with E-state index in [0.717, 1.165) is 149 Å². The fourth-order valence-electron chi connectivity index (χ4n) is 12.7. The summed E-state index contributed by atoms with van der Waals surface area (Å²) in [5, 5.41) is 6.39. The molecule has 450 valence electrons. The number of hydrogen-bond donors (Lipinski definition) is 0. The van der Waals surface area contributed by atoms with Crippen LogP contribution in [0.15, 0.2) is 200 Å². The van der Waals surface area contributed by atoms with Crippen molar-refractivity contribution < 1.29 is 17.7 Å². The molecule has 12 rings (SSSR count). The van der Waals surface area contributed by atoms with Gasteiger partial charge in [0.15, 0.2) is 0 Å². The Bertz CT molecular complexity index is 3850. The molecule has 0 fully saturated rings. The first-order valence-corrected chi connectivity index (χ1v) is 31.7. The molecule has 0 aliphatic rings. The van der Waals surface area contributed by atoms with Crippen LogP contribution in [0.2, 0.25) is 0 Å². The molecule has 12 aromatic rings. The fraction of sp³-hybridized carbons (Fsp3) is 0.300. The minimum absolute atomic E-state index is 0.0621. The molecule has 8 nitrogen and oxygen atoms in total. The van der Waals surface area contributed by atoms with Crippen molar-refractivity contribution in [2.45, 2.75) is 158 Å². The van der Waals surface area contributed by atoms with Gasteiger partial charge in [-0.25, -0.2) is 0 Å². The van der Waals surface area contributed by atoms with Crippen LogP contribution in [0.4, 0.5) is 69.0 Å². The second-order valence-electron chi connectivity index (χ2n) is 27.8. The Kier molecular flexibility index (Phi) is 15.3. The van der Waals surface area contributed by atoms with Gasteiger partial charge in [-0.3, -0.25) is 19.6 Å². The van der Waals surface area contributed by atoms with E-state index in [1.807, 2.05) is 25.1 Å². The van der Waals surface area contributed by atoms with E-state index in [4.69, 9.17) is 17.7 Å². The molecule has 0 aliphatic carbocycles. The average Bonchev–Trinajstić information content (AvgIpc) is 0.900. The smallest absolute Gasteiger partial charge is 0.207 e. The van der Waals surface area contributed by atoms with Crippen molar-refractivity contribution in [1.82, 2.24) is 0 Å². The summed E-state index contributed by atoms with van der Waals surface area (Å²) in [6, 6.07) is 58.9. The van der Waals surface area contributed by atoms with Crippen molar-refractivity contribution in [2.75, 3.05) is 19.6 Å². The van der Waals surface area contributed by atoms with Crippen LogP contribution in [0.5, 0.6) is 0 Å². The van der Waals surface area contributed by atoms with E-state index in [2.05, 4.69) is 288 Å². The molecule has 0 bridgehead atoms. The molecule has 0 N–H and O–H groups in total. The zero-order chi connectivity index (χ0) is 62.2.